The van der Waals surface area contributed by atoms with Gasteiger partial charge in [-0.2, -0.15) is 0 Å². The zero-order chi connectivity index (χ0) is 15.5. The van der Waals surface area contributed by atoms with Gasteiger partial charge in [-0.05, 0) is 31.6 Å². The molecule has 1 aromatic heterocycles. The first-order chi connectivity index (χ1) is 9.98. The van der Waals surface area contributed by atoms with Crippen molar-refractivity contribution < 1.29 is 10.0 Å². The van der Waals surface area contributed by atoms with E-state index < -0.39 is 10.5 Å². The Balaban J connectivity index is 2.24. The standard InChI is InChI=1S/C13H21N5O3/c1-9-2-4-13(8-19,5-3-9)16-11-6-10(18(20)21)7-12(15-11)17-14/h6-7,9,19H,2-5,8,14H2,1H3,(H2,15,16,17). The summed E-state index contributed by atoms with van der Waals surface area (Å²) in [6.07, 6.45) is 3.62. The molecule has 0 spiro atoms. The highest BCUT2D eigenvalue weighted by Crippen LogP contribution is 2.34. The molecule has 0 aromatic carbocycles. The van der Waals surface area contributed by atoms with E-state index in [4.69, 9.17) is 5.84 Å². The van der Waals surface area contributed by atoms with E-state index in [9.17, 15) is 15.2 Å². The molecule has 1 aromatic rings. The average molecular weight is 295 g/mol. The van der Waals surface area contributed by atoms with Crippen LogP contribution in [0.5, 0.6) is 0 Å². The SMILES string of the molecule is CC1CCC(CO)(Nc2cc([N+](=O)[O-])cc(NN)n2)CC1. The normalized spacial score (nSPS) is 25.4. The first-order valence-corrected chi connectivity index (χ1v) is 7.00. The molecule has 5 N–H and O–H groups in total. The van der Waals surface area contributed by atoms with Crippen LogP contribution in [0, 0.1) is 16.0 Å². The van der Waals surface area contributed by atoms with E-state index in [-0.39, 0.29) is 18.1 Å². The summed E-state index contributed by atoms with van der Waals surface area (Å²) in [5.74, 6) is 6.48. The fourth-order valence-corrected chi connectivity index (χ4v) is 2.67. The third-order valence-corrected chi connectivity index (χ3v) is 4.10. The van der Waals surface area contributed by atoms with Crippen LogP contribution in [-0.4, -0.2) is 27.2 Å². The summed E-state index contributed by atoms with van der Waals surface area (Å²) in [5.41, 5.74) is 1.75. The number of nitro groups is 1. The highest BCUT2D eigenvalue weighted by atomic mass is 16.6. The highest BCUT2D eigenvalue weighted by molar-refractivity contribution is 5.55. The van der Waals surface area contributed by atoms with E-state index in [1.54, 1.807) is 0 Å². The van der Waals surface area contributed by atoms with Gasteiger partial charge in [0, 0.05) is 0 Å². The van der Waals surface area contributed by atoms with Crippen molar-refractivity contribution in [3.63, 3.8) is 0 Å². The Labute approximate surface area is 122 Å². The molecular weight excluding hydrogens is 274 g/mol. The van der Waals surface area contributed by atoms with E-state index in [0.717, 1.165) is 25.7 Å². The second-order valence-electron chi connectivity index (χ2n) is 5.74. The highest BCUT2D eigenvalue weighted by Gasteiger charge is 2.34. The maximum atomic E-state index is 10.9. The quantitative estimate of drug-likeness (QED) is 0.369. The zero-order valence-electron chi connectivity index (χ0n) is 12.0. The predicted octanol–water partition coefficient (Wildman–Crippen LogP) is 1.63. The van der Waals surface area contributed by atoms with Crippen molar-refractivity contribution in [1.82, 2.24) is 4.98 Å². The van der Waals surface area contributed by atoms with Gasteiger partial charge in [-0.3, -0.25) is 10.1 Å². The van der Waals surface area contributed by atoms with Crippen molar-refractivity contribution >= 4 is 17.3 Å². The van der Waals surface area contributed by atoms with Crippen LogP contribution in [0.4, 0.5) is 17.3 Å². The Bertz CT molecular complexity index is 515. The molecule has 1 aliphatic rings. The number of nitrogens with one attached hydrogen (secondary N) is 2. The Morgan fingerprint density at radius 2 is 2.10 bits per heavy atom. The molecule has 1 saturated carbocycles. The van der Waals surface area contributed by atoms with Crippen LogP contribution < -0.4 is 16.6 Å². The first-order valence-electron chi connectivity index (χ1n) is 7.00. The van der Waals surface area contributed by atoms with Crippen molar-refractivity contribution in [2.45, 2.75) is 38.1 Å². The van der Waals surface area contributed by atoms with Gasteiger partial charge in [-0.25, -0.2) is 10.8 Å². The van der Waals surface area contributed by atoms with Crippen LogP contribution in [0.2, 0.25) is 0 Å². The summed E-state index contributed by atoms with van der Waals surface area (Å²) in [6, 6.07) is 2.62. The second kappa shape index (κ2) is 6.23. The number of hydrazine groups is 1. The minimum Gasteiger partial charge on any atom is -0.394 e. The number of aliphatic hydroxyl groups is 1. The molecule has 0 unspecified atom stereocenters. The number of hydrogen-bond donors (Lipinski definition) is 4. The molecule has 0 atom stereocenters. The molecule has 1 fully saturated rings. The summed E-state index contributed by atoms with van der Waals surface area (Å²) in [4.78, 5) is 14.6. The Kier molecular flexibility index (Phi) is 4.59. The van der Waals surface area contributed by atoms with Gasteiger partial charge in [0.25, 0.3) is 5.69 Å². The molecule has 116 valence electrons. The monoisotopic (exact) mass is 295 g/mol. The van der Waals surface area contributed by atoms with Gasteiger partial charge in [-0.15, -0.1) is 0 Å². The van der Waals surface area contributed by atoms with Crippen molar-refractivity contribution in [1.29, 1.82) is 0 Å². The lowest BCUT2D eigenvalue weighted by molar-refractivity contribution is -0.384. The van der Waals surface area contributed by atoms with Gasteiger partial charge in [0.2, 0.25) is 0 Å². The smallest absolute Gasteiger partial charge is 0.276 e. The average Bonchev–Trinajstić information content (AvgIpc) is 2.49. The lowest BCUT2D eigenvalue weighted by Gasteiger charge is -2.39. The molecule has 0 amide bonds. The van der Waals surface area contributed by atoms with Crippen LogP contribution in [0.3, 0.4) is 0 Å². The van der Waals surface area contributed by atoms with E-state index in [1.807, 2.05) is 0 Å². The zero-order valence-corrected chi connectivity index (χ0v) is 12.0. The van der Waals surface area contributed by atoms with Crippen LogP contribution in [-0.2, 0) is 0 Å². The molecule has 1 heterocycles. The third-order valence-electron chi connectivity index (χ3n) is 4.10. The lowest BCUT2D eigenvalue weighted by atomic mass is 9.77. The Morgan fingerprint density at radius 3 is 2.62 bits per heavy atom. The topological polar surface area (TPSA) is 126 Å². The number of hydrogen-bond acceptors (Lipinski definition) is 7. The number of anilines is 2. The molecule has 8 heteroatoms. The van der Waals surface area contributed by atoms with Gasteiger partial charge in [0.15, 0.2) is 0 Å². The molecule has 8 nitrogen and oxygen atoms in total. The summed E-state index contributed by atoms with van der Waals surface area (Å²) in [5, 5.41) is 23.8. The van der Waals surface area contributed by atoms with E-state index in [0.29, 0.717) is 11.7 Å². The van der Waals surface area contributed by atoms with Crippen molar-refractivity contribution in [2.75, 3.05) is 17.3 Å². The lowest BCUT2D eigenvalue weighted by Crippen LogP contribution is -2.45. The molecule has 0 saturated heterocycles. The van der Waals surface area contributed by atoms with E-state index in [2.05, 4.69) is 22.7 Å². The fraction of sp³-hybridized carbons (Fsp3) is 0.615. The van der Waals surface area contributed by atoms with Gasteiger partial charge in [-0.1, -0.05) is 6.92 Å². The van der Waals surface area contributed by atoms with E-state index >= 15 is 0 Å². The number of pyridine rings is 1. The summed E-state index contributed by atoms with van der Waals surface area (Å²) < 4.78 is 0. The van der Waals surface area contributed by atoms with Crippen LogP contribution in [0.1, 0.15) is 32.6 Å². The Hall–Kier alpha value is -1.93. The van der Waals surface area contributed by atoms with Gasteiger partial charge in [0.05, 0.1) is 29.2 Å². The molecule has 0 bridgehead atoms. The fourth-order valence-electron chi connectivity index (χ4n) is 2.67. The number of aliphatic hydroxyl groups excluding tert-OH is 1. The molecule has 2 rings (SSSR count). The number of rotatable bonds is 5. The maximum Gasteiger partial charge on any atom is 0.276 e. The number of aromatic nitrogens is 1. The number of nitrogen functional groups attached to an aromatic ring is 1. The van der Waals surface area contributed by atoms with E-state index in [1.165, 1.54) is 12.1 Å². The van der Waals surface area contributed by atoms with Crippen molar-refractivity contribution in [3.05, 3.63) is 22.2 Å². The van der Waals surface area contributed by atoms with Crippen LogP contribution in [0.25, 0.3) is 0 Å². The minimum absolute atomic E-state index is 0.0323. The number of nitrogens with zero attached hydrogens (tertiary/aromatic N) is 2. The molecular formula is C13H21N5O3. The van der Waals surface area contributed by atoms with Crippen LogP contribution >= 0.6 is 0 Å². The first kappa shape index (κ1) is 15.5. The molecule has 0 radical (unpaired) electrons. The Morgan fingerprint density at radius 1 is 1.48 bits per heavy atom. The molecule has 0 aliphatic heterocycles. The molecule has 1 aliphatic carbocycles. The number of nitrogens with two attached hydrogens (primary N) is 1. The van der Waals surface area contributed by atoms with Crippen molar-refractivity contribution in [3.8, 4) is 0 Å². The largest absolute Gasteiger partial charge is 0.394 e. The maximum absolute atomic E-state index is 10.9. The van der Waals surface area contributed by atoms with Gasteiger partial charge < -0.3 is 15.8 Å². The molecule has 21 heavy (non-hydrogen) atoms. The van der Waals surface area contributed by atoms with Gasteiger partial charge in [0.1, 0.15) is 11.6 Å². The van der Waals surface area contributed by atoms with Crippen LogP contribution in [0.15, 0.2) is 12.1 Å². The predicted molar refractivity (Wildman–Crippen MR) is 79.8 cm³/mol. The summed E-state index contributed by atoms with van der Waals surface area (Å²) in [6.45, 7) is 2.15. The summed E-state index contributed by atoms with van der Waals surface area (Å²) >= 11 is 0. The minimum atomic E-state index is -0.498. The summed E-state index contributed by atoms with van der Waals surface area (Å²) in [7, 11) is 0. The van der Waals surface area contributed by atoms with Crippen molar-refractivity contribution in [2.24, 2.45) is 11.8 Å². The second-order valence-corrected chi connectivity index (χ2v) is 5.74. The van der Waals surface area contributed by atoms with Gasteiger partial charge >= 0.3 is 0 Å². The third kappa shape index (κ3) is 3.59.